The molecule has 0 bridgehead atoms. The van der Waals surface area contributed by atoms with E-state index in [4.69, 9.17) is 20.6 Å². The fraction of sp³-hybridized carbons (Fsp3) is 0. The summed E-state index contributed by atoms with van der Waals surface area (Å²) in [4.78, 5) is 1.80. The van der Waals surface area contributed by atoms with Crippen LogP contribution < -0.4 is 4.90 Å². The van der Waals surface area contributed by atoms with Crippen LogP contribution in [0.15, 0.2) is 206 Å². The van der Waals surface area contributed by atoms with Gasteiger partial charge >= 0.3 is 0 Å². The number of aromatic nitrogens is 1. The van der Waals surface area contributed by atoms with Gasteiger partial charge in [-0.2, -0.15) is 0 Å². The zero-order valence-corrected chi connectivity index (χ0v) is 26.4. The number of fused-ring (bicyclic) bond motifs is 3. The molecule has 0 amide bonds. The van der Waals surface area contributed by atoms with Crippen LogP contribution in [0.25, 0.3) is 60.9 Å². The number of anilines is 3. The minimum atomic E-state index is -0.603. The van der Waals surface area contributed by atoms with Gasteiger partial charge in [0.25, 0.3) is 0 Å². The highest BCUT2D eigenvalue weighted by Crippen LogP contribution is 2.42. The minimum absolute atomic E-state index is 0.00504. The minimum Gasteiger partial charge on any atom is -0.310 e. The number of rotatable bonds is 7. The van der Waals surface area contributed by atoms with Gasteiger partial charge in [-0.15, -0.1) is 0 Å². The third kappa shape index (κ3) is 5.43. The first-order chi connectivity index (χ1) is 31.0. The van der Waals surface area contributed by atoms with Gasteiger partial charge in [-0.05, 0) is 94.0 Å². The molecule has 0 unspecified atom stereocenters. The summed E-state index contributed by atoms with van der Waals surface area (Å²) in [6, 6.07) is 27.0. The highest BCUT2D eigenvalue weighted by Gasteiger charge is 2.19. The van der Waals surface area contributed by atoms with Gasteiger partial charge in [0.05, 0.1) is 31.6 Å². The largest absolute Gasteiger partial charge is 0.310 e. The van der Waals surface area contributed by atoms with Crippen molar-refractivity contribution in [2.24, 2.45) is 0 Å². The van der Waals surface area contributed by atoms with Crippen molar-refractivity contribution in [2.45, 2.75) is 0 Å². The second kappa shape index (κ2) is 12.8. The van der Waals surface area contributed by atoms with Crippen molar-refractivity contribution in [1.29, 1.82) is 0 Å². The molecule has 0 saturated heterocycles. The zero-order valence-electron chi connectivity index (χ0n) is 41.4. The maximum absolute atomic E-state index is 8.95. The molecule has 236 valence electrons. The molecular weight excluding hydrogens is 605 g/mol. The van der Waals surface area contributed by atoms with Crippen molar-refractivity contribution in [3.8, 4) is 39.1 Å². The standard InChI is InChI=1S/C48H34N2/c1-5-15-35(16-6-1)38-25-27-42(28-26-38)49(44-32-39(36-17-7-2-8-18-36)31-40(33-44)37-19-9-3-10-20-37)43-29-30-46-45-23-13-14-24-47(45)50(48(46)34-43)41-21-11-4-12-22-41/h1-34H/i1D,2D,3D,5D,6D,7D,8D,9D,10D,15D,16D,17D,18D,19D,20D. The maximum Gasteiger partial charge on any atom is 0.0629 e. The molecule has 0 aliphatic carbocycles. The predicted octanol–water partition coefficient (Wildman–Crippen LogP) is 13.3. The van der Waals surface area contributed by atoms with Gasteiger partial charge < -0.3 is 9.47 Å². The maximum atomic E-state index is 8.95. The van der Waals surface area contributed by atoms with Crippen LogP contribution in [0.1, 0.15) is 20.6 Å². The predicted molar refractivity (Wildman–Crippen MR) is 212 cm³/mol. The Bertz CT molecular complexity index is 3270. The molecule has 0 radical (unpaired) electrons. The third-order valence-corrected chi connectivity index (χ3v) is 8.60. The van der Waals surface area contributed by atoms with Gasteiger partial charge in [-0.3, -0.25) is 0 Å². The zero-order chi connectivity index (χ0) is 46.3. The summed E-state index contributed by atoms with van der Waals surface area (Å²) in [6.45, 7) is 0. The molecule has 1 heterocycles. The van der Waals surface area contributed by atoms with E-state index in [9.17, 15) is 0 Å². The van der Waals surface area contributed by atoms with E-state index in [0.717, 1.165) is 27.5 Å². The molecule has 2 nitrogen and oxygen atoms in total. The molecule has 0 aliphatic heterocycles. The van der Waals surface area contributed by atoms with Crippen molar-refractivity contribution >= 4 is 38.9 Å². The van der Waals surface area contributed by atoms with Gasteiger partial charge in [-0.1, -0.05) is 145 Å². The molecule has 2 heteroatoms. The Morgan fingerprint density at radius 3 is 1.50 bits per heavy atom. The Balaban J connectivity index is 1.38. The van der Waals surface area contributed by atoms with E-state index in [-0.39, 0.29) is 39.9 Å². The van der Waals surface area contributed by atoms with Crippen molar-refractivity contribution < 1.29 is 20.6 Å². The molecule has 50 heavy (non-hydrogen) atoms. The van der Waals surface area contributed by atoms with Crippen LogP contribution in [0.5, 0.6) is 0 Å². The SMILES string of the molecule is [2H]c1c([2H])c([2H])c(-c2ccc(N(c3cc(-c4c([2H])c([2H])c([2H])c([2H])c4[2H])cc(-c4c([2H])c([2H])c([2H])c([2H])c4[2H])c3)c3ccc4c5ccccc5n(-c5ccccc5)c4c3)cc2)c([2H])c1[2H]. The van der Waals surface area contributed by atoms with Crippen molar-refractivity contribution in [1.82, 2.24) is 4.57 Å². The number of hydrogen-bond donors (Lipinski definition) is 0. The summed E-state index contributed by atoms with van der Waals surface area (Å²) < 4.78 is 131. The molecule has 0 N–H and O–H groups in total. The quantitative estimate of drug-likeness (QED) is 0.166. The van der Waals surface area contributed by atoms with Gasteiger partial charge in [0.2, 0.25) is 0 Å². The Morgan fingerprint density at radius 2 is 0.880 bits per heavy atom. The van der Waals surface area contributed by atoms with E-state index in [2.05, 4.69) is 4.57 Å². The van der Waals surface area contributed by atoms with Crippen molar-refractivity contribution in [3.63, 3.8) is 0 Å². The van der Waals surface area contributed by atoms with E-state index in [1.807, 2.05) is 72.8 Å². The lowest BCUT2D eigenvalue weighted by Gasteiger charge is -2.27. The van der Waals surface area contributed by atoms with Crippen LogP contribution in [0, 0.1) is 0 Å². The molecule has 1 aromatic heterocycles. The van der Waals surface area contributed by atoms with Gasteiger partial charge in [-0.25, -0.2) is 0 Å². The average molecular weight is 654 g/mol. The first kappa shape index (κ1) is 17.7. The van der Waals surface area contributed by atoms with Crippen LogP contribution in [-0.2, 0) is 0 Å². The Kier molecular flexibility index (Phi) is 4.51. The van der Waals surface area contributed by atoms with Gasteiger partial charge in [0.1, 0.15) is 0 Å². The second-order valence-corrected chi connectivity index (χ2v) is 11.5. The van der Waals surface area contributed by atoms with Crippen LogP contribution in [0.4, 0.5) is 17.1 Å². The first-order valence-corrected chi connectivity index (χ1v) is 15.9. The van der Waals surface area contributed by atoms with Crippen LogP contribution >= 0.6 is 0 Å². The van der Waals surface area contributed by atoms with E-state index < -0.39 is 78.6 Å². The summed E-state index contributed by atoms with van der Waals surface area (Å²) in [5.41, 5.74) is 4.12. The van der Waals surface area contributed by atoms with Crippen molar-refractivity contribution in [2.75, 3.05) is 4.90 Å². The van der Waals surface area contributed by atoms with Crippen LogP contribution in [0.3, 0.4) is 0 Å². The molecule has 0 fully saturated rings. The summed E-state index contributed by atoms with van der Waals surface area (Å²) in [6.07, 6.45) is 0. The van der Waals surface area contributed by atoms with E-state index >= 15 is 0 Å². The molecule has 8 aromatic carbocycles. The smallest absolute Gasteiger partial charge is 0.0629 e. The van der Waals surface area contributed by atoms with Crippen LogP contribution in [-0.4, -0.2) is 4.57 Å². The fourth-order valence-electron chi connectivity index (χ4n) is 6.39. The van der Waals surface area contributed by atoms with E-state index in [1.54, 1.807) is 41.3 Å². The number of para-hydroxylation sites is 2. The topological polar surface area (TPSA) is 8.17 Å². The van der Waals surface area contributed by atoms with Crippen LogP contribution in [0.2, 0.25) is 0 Å². The lowest BCUT2D eigenvalue weighted by Crippen LogP contribution is -2.10. The van der Waals surface area contributed by atoms with Crippen molar-refractivity contribution in [3.05, 3.63) is 206 Å². The highest BCUT2D eigenvalue weighted by molar-refractivity contribution is 6.10. The molecule has 0 atom stereocenters. The number of benzene rings is 8. The lowest BCUT2D eigenvalue weighted by molar-refractivity contribution is 1.18. The lowest BCUT2D eigenvalue weighted by atomic mass is 9.97. The molecule has 0 saturated carbocycles. The molecular formula is C48H34N2. The summed E-state index contributed by atoms with van der Waals surface area (Å²) >= 11 is 0. The molecule has 0 spiro atoms. The monoisotopic (exact) mass is 653 g/mol. The van der Waals surface area contributed by atoms with E-state index in [1.165, 1.54) is 6.07 Å². The number of nitrogens with zero attached hydrogens (tertiary/aromatic N) is 2. The highest BCUT2D eigenvalue weighted by atomic mass is 15.1. The summed E-state index contributed by atoms with van der Waals surface area (Å²) in [5, 5.41) is 1.91. The average Bonchev–Trinajstić information content (AvgIpc) is 3.65. The summed E-state index contributed by atoms with van der Waals surface area (Å²) in [7, 11) is 0. The fourth-order valence-corrected chi connectivity index (χ4v) is 6.39. The Labute approximate surface area is 313 Å². The Hall–Kier alpha value is -6.64. The normalized spacial score (nSPS) is 15.4. The number of hydrogen-bond acceptors (Lipinski definition) is 1. The first-order valence-electron chi connectivity index (χ1n) is 23.4. The van der Waals surface area contributed by atoms with Gasteiger partial charge in [0, 0.05) is 33.5 Å². The van der Waals surface area contributed by atoms with Gasteiger partial charge in [0.15, 0.2) is 0 Å². The third-order valence-electron chi connectivity index (χ3n) is 8.60. The summed E-state index contributed by atoms with van der Waals surface area (Å²) in [5.74, 6) is 0. The molecule has 9 rings (SSSR count). The Morgan fingerprint density at radius 1 is 0.360 bits per heavy atom. The second-order valence-electron chi connectivity index (χ2n) is 11.5. The molecule has 0 aliphatic rings. The molecule has 9 aromatic rings. The van der Waals surface area contributed by atoms with E-state index in [0.29, 0.717) is 22.6 Å².